The Labute approximate surface area is 181 Å². The minimum absolute atomic E-state index is 0.000426. The van der Waals surface area contributed by atoms with Crippen LogP contribution in [0.4, 0.5) is 22.0 Å². The van der Waals surface area contributed by atoms with Gasteiger partial charge in [-0.05, 0) is 41.8 Å². The first-order valence-electron chi connectivity index (χ1n) is 9.87. The maximum Gasteiger partial charge on any atom is 0.416 e. The summed E-state index contributed by atoms with van der Waals surface area (Å²) in [7, 11) is 0. The number of halogens is 5. The number of likely N-dealkylation sites (tertiary alicyclic amines) is 1. The predicted molar refractivity (Wildman–Crippen MR) is 105 cm³/mol. The van der Waals surface area contributed by atoms with Gasteiger partial charge >= 0.3 is 12.8 Å². The molecule has 1 unspecified atom stereocenters. The summed E-state index contributed by atoms with van der Waals surface area (Å²) in [5.41, 5.74) is 0.360. The van der Waals surface area contributed by atoms with Crippen molar-refractivity contribution in [2.75, 3.05) is 13.1 Å². The van der Waals surface area contributed by atoms with Crippen molar-refractivity contribution in [1.82, 2.24) is 10.2 Å². The minimum Gasteiger partial charge on any atom is -0.435 e. The van der Waals surface area contributed by atoms with Crippen molar-refractivity contribution < 1.29 is 36.3 Å². The number of amides is 2. The Kier molecular flexibility index (Phi) is 7.32. The Morgan fingerprint density at radius 3 is 2.50 bits per heavy atom. The highest BCUT2D eigenvalue weighted by atomic mass is 19.4. The first kappa shape index (κ1) is 23.5. The van der Waals surface area contributed by atoms with Gasteiger partial charge in [0.25, 0.3) is 0 Å². The maximum absolute atomic E-state index is 12.9. The quantitative estimate of drug-likeness (QED) is 0.611. The van der Waals surface area contributed by atoms with Crippen LogP contribution in [0, 0.1) is 5.92 Å². The van der Waals surface area contributed by atoms with Crippen LogP contribution in [0.3, 0.4) is 0 Å². The number of alkyl halides is 5. The molecule has 2 aromatic carbocycles. The zero-order chi connectivity index (χ0) is 23.3. The molecule has 1 N–H and O–H groups in total. The summed E-state index contributed by atoms with van der Waals surface area (Å²) in [5.74, 6) is -1.16. The van der Waals surface area contributed by atoms with Gasteiger partial charge in [-0.2, -0.15) is 22.0 Å². The molecule has 5 nitrogen and oxygen atoms in total. The van der Waals surface area contributed by atoms with Crippen molar-refractivity contribution in [3.8, 4) is 5.75 Å². The SMILES string of the molecule is O=C(NCCc1ccc(OC(F)F)cc1)C1CC(=O)N(Cc2cccc(C(F)(F)F)c2)C1. The maximum atomic E-state index is 12.9. The summed E-state index contributed by atoms with van der Waals surface area (Å²) in [4.78, 5) is 26.0. The fraction of sp³-hybridized carbons (Fsp3) is 0.364. The molecule has 1 aliphatic rings. The highest BCUT2D eigenvalue weighted by Gasteiger charge is 2.35. The van der Waals surface area contributed by atoms with Crippen molar-refractivity contribution in [2.45, 2.75) is 32.2 Å². The second-order valence-corrected chi connectivity index (χ2v) is 7.44. The molecule has 2 amide bonds. The molecule has 0 radical (unpaired) electrons. The molecular formula is C22H21F5N2O3. The number of rotatable bonds is 8. The van der Waals surface area contributed by atoms with E-state index >= 15 is 0 Å². The van der Waals surface area contributed by atoms with E-state index in [9.17, 15) is 31.5 Å². The lowest BCUT2D eigenvalue weighted by Crippen LogP contribution is -2.34. The van der Waals surface area contributed by atoms with Crippen LogP contribution in [0.5, 0.6) is 5.75 Å². The first-order chi connectivity index (χ1) is 15.1. The zero-order valence-electron chi connectivity index (χ0n) is 16.9. The lowest BCUT2D eigenvalue weighted by molar-refractivity contribution is -0.137. The fourth-order valence-electron chi connectivity index (χ4n) is 3.48. The van der Waals surface area contributed by atoms with E-state index in [4.69, 9.17) is 0 Å². The van der Waals surface area contributed by atoms with Crippen molar-refractivity contribution in [3.05, 3.63) is 65.2 Å². The lowest BCUT2D eigenvalue weighted by Gasteiger charge is -2.17. The molecule has 32 heavy (non-hydrogen) atoms. The number of benzene rings is 2. The van der Waals surface area contributed by atoms with Crippen LogP contribution in [0.1, 0.15) is 23.1 Å². The fourth-order valence-corrected chi connectivity index (χ4v) is 3.48. The van der Waals surface area contributed by atoms with Crippen molar-refractivity contribution in [3.63, 3.8) is 0 Å². The Bertz CT molecular complexity index is 947. The average molecular weight is 456 g/mol. The van der Waals surface area contributed by atoms with E-state index in [2.05, 4.69) is 10.1 Å². The van der Waals surface area contributed by atoms with Gasteiger partial charge in [0.05, 0.1) is 11.5 Å². The summed E-state index contributed by atoms with van der Waals surface area (Å²) in [6.45, 7) is -2.49. The van der Waals surface area contributed by atoms with E-state index in [-0.39, 0.29) is 43.6 Å². The monoisotopic (exact) mass is 456 g/mol. The average Bonchev–Trinajstić information content (AvgIpc) is 3.09. The molecule has 0 aliphatic carbocycles. The van der Waals surface area contributed by atoms with E-state index in [1.807, 2.05) is 0 Å². The number of carbonyl (C=O) groups excluding carboxylic acids is 2. The molecule has 0 spiro atoms. The number of nitrogens with one attached hydrogen (secondary N) is 1. The lowest BCUT2D eigenvalue weighted by atomic mass is 10.1. The van der Waals surface area contributed by atoms with Crippen molar-refractivity contribution >= 4 is 11.8 Å². The Morgan fingerprint density at radius 1 is 1.12 bits per heavy atom. The van der Waals surface area contributed by atoms with Crippen LogP contribution in [-0.4, -0.2) is 36.4 Å². The second-order valence-electron chi connectivity index (χ2n) is 7.44. The van der Waals surface area contributed by atoms with Crippen molar-refractivity contribution in [2.24, 2.45) is 5.92 Å². The Morgan fingerprint density at radius 2 is 1.84 bits per heavy atom. The second kappa shape index (κ2) is 9.97. The summed E-state index contributed by atoms with van der Waals surface area (Å²) < 4.78 is 67.2. The van der Waals surface area contributed by atoms with Gasteiger partial charge in [0, 0.05) is 26.1 Å². The molecule has 1 heterocycles. The molecule has 1 saturated heterocycles. The van der Waals surface area contributed by atoms with E-state index < -0.39 is 24.3 Å². The number of carbonyl (C=O) groups is 2. The molecule has 172 valence electrons. The van der Waals surface area contributed by atoms with Crippen LogP contribution in [0.25, 0.3) is 0 Å². The molecule has 3 rings (SSSR count). The van der Waals surface area contributed by atoms with Gasteiger partial charge in [-0.15, -0.1) is 0 Å². The van der Waals surface area contributed by atoms with Gasteiger partial charge in [0.15, 0.2) is 0 Å². The molecule has 1 fully saturated rings. The zero-order valence-corrected chi connectivity index (χ0v) is 16.9. The van der Waals surface area contributed by atoms with Crippen LogP contribution in [-0.2, 0) is 28.7 Å². The highest BCUT2D eigenvalue weighted by Crippen LogP contribution is 2.30. The van der Waals surface area contributed by atoms with Crippen LogP contribution < -0.4 is 10.1 Å². The molecule has 10 heteroatoms. The van der Waals surface area contributed by atoms with Gasteiger partial charge < -0.3 is 15.0 Å². The third kappa shape index (κ3) is 6.41. The molecule has 0 aromatic heterocycles. The highest BCUT2D eigenvalue weighted by molar-refractivity contribution is 5.89. The third-order valence-corrected chi connectivity index (χ3v) is 5.07. The minimum atomic E-state index is -4.47. The van der Waals surface area contributed by atoms with E-state index in [1.54, 1.807) is 12.1 Å². The van der Waals surface area contributed by atoms with Crippen LogP contribution >= 0.6 is 0 Å². The first-order valence-corrected chi connectivity index (χ1v) is 9.87. The smallest absolute Gasteiger partial charge is 0.416 e. The molecule has 0 saturated carbocycles. The predicted octanol–water partition coefficient (Wildman–Crippen LogP) is 4.01. The van der Waals surface area contributed by atoms with Crippen LogP contribution in [0.2, 0.25) is 0 Å². The summed E-state index contributed by atoms with van der Waals surface area (Å²) in [5, 5.41) is 2.74. The normalized spacial score (nSPS) is 16.5. The number of hydrogen-bond donors (Lipinski definition) is 1. The van der Waals surface area contributed by atoms with E-state index in [0.29, 0.717) is 12.0 Å². The number of ether oxygens (including phenoxy) is 1. The van der Waals surface area contributed by atoms with Gasteiger partial charge in [-0.25, -0.2) is 0 Å². The molecule has 2 aromatic rings. The third-order valence-electron chi connectivity index (χ3n) is 5.07. The summed E-state index contributed by atoms with van der Waals surface area (Å²) >= 11 is 0. The largest absolute Gasteiger partial charge is 0.435 e. The van der Waals surface area contributed by atoms with Crippen molar-refractivity contribution in [1.29, 1.82) is 0 Å². The summed E-state index contributed by atoms with van der Waals surface area (Å²) in [6, 6.07) is 10.8. The van der Waals surface area contributed by atoms with Gasteiger partial charge in [0.2, 0.25) is 11.8 Å². The van der Waals surface area contributed by atoms with Gasteiger partial charge in [-0.3, -0.25) is 9.59 Å². The summed E-state index contributed by atoms with van der Waals surface area (Å²) in [6.07, 6.45) is -4.02. The number of nitrogens with zero attached hydrogens (tertiary/aromatic N) is 1. The number of hydrogen-bond acceptors (Lipinski definition) is 3. The van der Waals surface area contributed by atoms with E-state index in [1.165, 1.54) is 29.2 Å². The molecular weight excluding hydrogens is 435 g/mol. The molecule has 1 atom stereocenters. The molecule has 0 bridgehead atoms. The van der Waals surface area contributed by atoms with Crippen LogP contribution in [0.15, 0.2) is 48.5 Å². The molecule has 1 aliphatic heterocycles. The van der Waals surface area contributed by atoms with E-state index in [0.717, 1.165) is 17.7 Å². The Hall–Kier alpha value is -3.17. The Balaban J connectivity index is 1.48. The van der Waals surface area contributed by atoms with Gasteiger partial charge in [-0.1, -0.05) is 24.3 Å². The standard InChI is InChI=1S/C22H21F5N2O3/c23-21(24)32-18-6-4-14(5-7-18)8-9-28-20(31)16-11-19(30)29(13-16)12-15-2-1-3-17(10-15)22(25,26)27/h1-7,10,16,21H,8-9,11-13H2,(H,28,31). The topological polar surface area (TPSA) is 58.6 Å². The van der Waals surface area contributed by atoms with Gasteiger partial charge in [0.1, 0.15) is 5.75 Å².